The van der Waals surface area contributed by atoms with Crippen molar-refractivity contribution in [3.8, 4) is 17.5 Å². The highest BCUT2D eigenvalue weighted by Crippen LogP contribution is 2.29. The van der Waals surface area contributed by atoms with Gasteiger partial charge in [0, 0.05) is 18.7 Å². The molecule has 1 aromatic carbocycles. The zero-order chi connectivity index (χ0) is 13.9. The van der Waals surface area contributed by atoms with Gasteiger partial charge in [-0.25, -0.2) is 4.39 Å². The summed E-state index contributed by atoms with van der Waals surface area (Å²) in [5.74, 6) is 0.589. The van der Waals surface area contributed by atoms with Gasteiger partial charge in [-0.15, -0.1) is 0 Å². The number of nitriles is 1. The van der Waals surface area contributed by atoms with Crippen LogP contribution in [0.25, 0.3) is 11.5 Å². The first-order valence-corrected chi connectivity index (χ1v) is 6.70. The van der Waals surface area contributed by atoms with E-state index in [4.69, 9.17) is 4.42 Å². The van der Waals surface area contributed by atoms with Crippen LogP contribution in [0.3, 0.4) is 0 Å². The zero-order valence-corrected chi connectivity index (χ0v) is 11.0. The molecule has 0 saturated carbocycles. The molecular formula is C15H14FN3O. The average Bonchev–Trinajstić information content (AvgIpc) is 2.93. The van der Waals surface area contributed by atoms with Crippen LogP contribution in [0, 0.1) is 17.1 Å². The molecule has 0 amide bonds. The van der Waals surface area contributed by atoms with Gasteiger partial charge in [-0.1, -0.05) is 0 Å². The number of halogens is 1. The van der Waals surface area contributed by atoms with Crippen molar-refractivity contribution in [2.45, 2.75) is 19.3 Å². The molecule has 4 nitrogen and oxygen atoms in total. The van der Waals surface area contributed by atoms with E-state index >= 15 is 0 Å². The summed E-state index contributed by atoms with van der Waals surface area (Å²) in [7, 11) is 0. The fraction of sp³-hybridized carbons (Fsp3) is 0.333. The van der Waals surface area contributed by atoms with Gasteiger partial charge in [0.1, 0.15) is 11.9 Å². The Morgan fingerprint density at radius 1 is 1.15 bits per heavy atom. The maximum atomic E-state index is 12.9. The van der Waals surface area contributed by atoms with Crippen LogP contribution in [0.15, 0.2) is 28.7 Å². The summed E-state index contributed by atoms with van der Waals surface area (Å²) in [6.07, 6.45) is 3.40. The number of rotatable bonds is 2. The highest BCUT2D eigenvalue weighted by molar-refractivity contribution is 5.59. The molecule has 0 radical (unpaired) electrons. The highest BCUT2D eigenvalue weighted by atomic mass is 19.1. The molecule has 0 atom stereocenters. The fourth-order valence-electron chi connectivity index (χ4n) is 2.41. The minimum absolute atomic E-state index is 0.297. The van der Waals surface area contributed by atoms with Gasteiger partial charge < -0.3 is 9.32 Å². The molecule has 0 spiro atoms. The largest absolute Gasteiger partial charge is 0.419 e. The van der Waals surface area contributed by atoms with E-state index in [1.165, 1.54) is 18.6 Å². The quantitative estimate of drug-likeness (QED) is 0.840. The first-order chi connectivity index (χ1) is 9.78. The molecule has 5 heteroatoms. The Balaban J connectivity index is 1.96. The average molecular weight is 271 g/mol. The first kappa shape index (κ1) is 12.7. The van der Waals surface area contributed by atoms with Crippen LogP contribution < -0.4 is 4.90 Å². The molecule has 102 valence electrons. The molecule has 0 N–H and O–H groups in total. The van der Waals surface area contributed by atoms with Gasteiger partial charge in [-0.2, -0.15) is 10.2 Å². The van der Waals surface area contributed by atoms with E-state index in [1.807, 2.05) is 0 Å². The zero-order valence-electron chi connectivity index (χ0n) is 11.0. The number of anilines is 1. The predicted molar refractivity (Wildman–Crippen MR) is 72.7 cm³/mol. The minimum atomic E-state index is -0.308. The second-order valence-corrected chi connectivity index (χ2v) is 4.84. The summed E-state index contributed by atoms with van der Waals surface area (Å²) in [4.78, 5) is 6.27. The van der Waals surface area contributed by atoms with Crippen LogP contribution in [0.1, 0.15) is 25.0 Å². The number of hydrogen-bond donors (Lipinski definition) is 0. The molecule has 0 aliphatic carbocycles. The molecule has 1 aromatic heterocycles. The minimum Gasteiger partial charge on any atom is -0.419 e. The van der Waals surface area contributed by atoms with Crippen LogP contribution in [-0.4, -0.2) is 18.1 Å². The molecule has 0 bridgehead atoms. The van der Waals surface area contributed by atoms with Crippen LogP contribution in [0.4, 0.5) is 10.3 Å². The summed E-state index contributed by atoms with van der Waals surface area (Å²) < 4.78 is 18.7. The van der Waals surface area contributed by atoms with Gasteiger partial charge in [0.25, 0.3) is 0 Å². The molecule has 20 heavy (non-hydrogen) atoms. The van der Waals surface area contributed by atoms with Crippen molar-refractivity contribution in [1.82, 2.24) is 4.98 Å². The van der Waals surface area contributed by atoms with E-state index in [0.29, 0.717) is 23.0 Å². The number of piperidine rings is 1. The third kappa shape index (κ3) is 2.37. The van der Waals surface area contributed by atoms with Crippen LogP contribution in [0.2, 0.25) is 0 Å². The van der Waals surface area contributed by atoms with Crippen molar-refractivity contribution in [1.29, 1.82) is 5.26 Å². The van der Waals surface area contributed by atoms with Crippen molar-refractivity contribution in [2.24, 2.45) is 0 Å². The van der Waals surface area contributed by atoms with Gasteiger partial charge >= 0.3 is 0 Å². The topological polar surface area (TPSA) is 53.1 Å². The lowest BCUT2D eigenvalue weighted by atomic mass is 10.1. The van der Waals surface area contributed by atoms with E-state index < -0.39 is 0 Å². The summed E-state index contributed by atoms with van der Waals surface area (Å²) in [5.41, 5.74) is 0.970. The highest BCUT2D eigenvalue weighted by Gasteiger charge is 2.21. The molecule has 1 aliphatic heterocycles. The second kappa shape index (κ2) is 5.33. The van der Waals surface area contributed by atoms with E-state index in [-0.39, 0.29) is 5.82 Å². The van der Waals surface area contributed by atoms with E-state index in [2.05, 4.69) is 16.0 Å². The third-order valence-electron chi connectivity index (χ3n) is 3.45. The maximum Gasteiger partial charge on any atom is 0.235 e. The standard InChI is InChI=1S/C15H14FN3O/c16-12-6-4-11(5-7-12)14-18-13(10-17)15(20-14)19-8-2-1-3-9-19/h4-7H,1-3,8-9H2. The Bertz CT molecular complexity index is 636. The number of benzene rings is 1. The summed E-state index contributed by atoms with van der Waals surface area (Å²) in [5, 5.41) is 9.19. The summed E-state index contributed by atoms with van der Waals surface area (Å²) in [6, 6.07) is 7.98. The molecule has 1 fully saturated rings. The maximum absolute atomic E-state index is 12.9. The first-order valence-electron chi connectivity index (χ1n) is 6.70. The van der Waals surface area contributed by atoms with Gasteiger partial charge in [-0.3, -0.25) is 0 Å². The molecule has 3 rings (SSSR count). The van der Waals surface area contributed by atoms with E-state index in [1.54, 1.807) is 12.1 Å². The Morgan fingerprint density at radius 3 is 2.50 bits per heavy atom. The van der Waals surface area contributed by atoms with Crippen molar-refractivity contribution < 1.29 is 8.81 Å². The molecule has 1 saturated heterocycles. The van der Waals surface area contributed by atoms with Gasteiger partial charge in [0.15, 0.2) is 0 Å². The molecule has 2 heterocycles. The van der Waals surface area contributed by atoms with Crippen molar-refractivity contribution in [3.63, 3.8) is 0 Å². The van der Waals surface area contributed by atoms with Crippen molar-refractivity contribution >= 4 is 5.88 Å². The Hall–Kier alpha value is -2.35. The normalized spacial score (nSPS) is 15.1. The fourth-order valence-corrected chi connectivity index (χ4v) is 2.41. The van der Waals surface area contributed by atoms with Crippen LogP contribution in [0.5, 0.6) is 0 Å². The lowest BCUT2D eigenvalue weighted by molar-refractivity contribution is 0.504. The lowest BCUT2D eigenvalue weighted by Crippen LogP contribution is -2.29. The number of oxazole rings is 1. The molecular weight excluding hydrogens is 257 g/mol. The predicted octanol–water partition coefficient (Wildman–Crippen LogP) is 3.34. The molecule has 2 aromatic rings. The summed E-state index contributed by atoms with van der Waals surface area (Å²) >= 11 is 0. The number of hydrogen-bond acceptors (Lipinski definition) is 4. The Kier molecular flexibility index (Phi) is 3.38. The monoisotopic (exact) mass is 271 g/mol. The molecule has 1 aliphatic rings. The smallest absolute Gasteiger partial charge is 0.235 e. The van der Waals surface area contributed by atoms with E-state index in [0.717, 1.165) is 25.9 Å². The SMILES string of the molecule is N#Cc1nc(-c2ccc(F)cc2)oc1N1CCCCC1. The number of aromatic nitrogens is 1. The van der Waals surface area contributed by atoms with Gasteiger partial charge in [0.2, 0.25) is 17.5 Å². The number of nitrogens with zero attached hydrogens (tertiary/aromatic N) is 3. The van der Waals surface area contributed by atoms with Crippen LogP contribution in [-0.2, 0) is 0 Å². The van der Waals surface area contributed by atoms with Crippen molar-refractivity contribution in [3.05, 3.63) is 35.8 Å². The Morgan fingerprint density at radius 2 is 1.85 bits per heavy atom. The second-order valence-electron chi connectivity index (χ2n) is 4.84. The molecule has 0 unspecified atom stereocenters. The Labute approximate surface area is 116 Å². The van der Waals surface area contributed by atoms with Gasteiger partial charge in [0.05, 0.1) is 0 Å². The van der Waals surface area contributed by atoms with Crippen LogP contribution >= 0.6 is 0 Å². The summed E-state index contributed by atoms with van der Waals surface area (Å²) in [6.45, 7) is 1.76. The lowest BCUT2D eigenvalue weighted by Gasteiger charge is -2.25. The van der Waals surface area contributed by atoms with Gasteiger partial charge in [-0.05, 0) is 43.5 Å². The van der Waals surface area contributed by atoms with E-state index in [9.17, 15) is 9.65 Å². The van der Waals surface area contributed by atoms with Crippen molar-refractivity contribution in [2.75, 3.05) is 18.0 Å². The third-order valence-corrected chi connectivity index (χ3v) is 3.45.